The van der Waals surface area contributed by atoms with Gasteiger partial charge >= 0.3 is 0 Å². The first kappa shape index (κ1) is 16.9. The summed E-state index contributed by atoms with van der Waals surface area (Å²) in [6.07, 6.45) is 2.68. The third kappa shape index (κ3) is 3.95. The SMILES string of the molecule is COCCn1cc(C(=O)Nc2ccc3c(c2)NC(=O)CC3)ccc1=O. The second kappa shape index (κ2) is 7.31. The van der Waals surface area contributed by atoms with Crippen LogP contribution < -0.4 is 16.2 Å². The van der Waals surface area contributed by atoms with Gasteiger partial charge in [-0.25, -0.2) is 0 Å². The lowest BCUT2D eigenvalue weighted by Gasteiger charge is -2.18. The van der Waals surface area contributed by atoms with Crippen LogP contribution in [-0.2, 0) is 22.5 Å². The highest BCUT2D eigenvalue weighted by Gasteiger charge is 2.16. The van der Waals surface area contributed by atoms with Gasteiger partial charge in [0.05, 0.1) is 12.2 Å². The fraction of sp³-hybridized carbons (Fsp3) is 0.278. The molecule has 2 aromatic rings. The molecule has 1 aliphatic heterocycles. The molecule has 130 valence electrons. The molecule has 2 amide bonds. The average Bonchev–Trinajstić information content (AvgIpc) is 2.60. The van der Waals surface area contributed by atoms with Crippen LogP contribution >= 0.6 is 0 Å². The molecule has 2 heterocycles. The zero-order valence-electron chi connectivity index (χ0n) is 13.9. The van der Waals surface area contributed by atoms with Gasteiger partial charge in [-0.15, -0.1) is 0 Å². The van der Waals surface area contributed by atoms with Crippen molar-refractivity contribution >= 4 is 23.2 Å². The third-order valence-corrected chi connectivity index (χ3v) is 4.05. The van der Waals surface area contributed by atoms with Gasteiger partial charge in [0.2, 0.25) is 5.91 Å². The number of aromatic nitrogens is 1. The molecule has 7 heteroatoms. The number of carbonyl (C=O) groups is 2. The van der Waals surface area contributed by atoms with Crippen LogP contribution in [0.3, 0.4) is 0 Å². The molecule has 0 radical (unpaired) electrons. The molecule has 0 saturated carbocycles. The van der Waals surface area contributed by atoms with Crippen molar-refractivity contribution in [3.05, 3.63) is 58.0 Å². The van der Waals surface area contributed by atoms with Crippen LogP contribution in [0.2, 0.25) is 0 Å². The Kier molecular flexibility index (Phi) is 4.95. The van der Waals surface area contributed by atoms with E-state index in [0.717, 1.165) is 11.3 Å². The van der Waals surface area contributed by atoms with Crippen LogP contribution in [-0.4, -0.2) is 30.1 Å². The molecule has 0 aliphatic carbocycles. The Balaban J connectivity index is 1.77. The smallest absolute Gasteiger partial charge is 0.257 e. The van der Waals surface area contributed by atoms with Crippen molar-refractivity contribution in [2.24, 2.45) is 0 Å². The molecular formula is C18H19N3O4. The van der Waals surface area contributed by atoms with E-state index >= 15 is 0 Å². The lowest BCUT2D eigenvalue weighted by atomic mass is 10.0. The first-order valence-corrected chi connectivity index (χ1v) is 8.00. The standard InChI is InChI=1S/C18H19N3O4/c1-25-9-8-21-11-13(4-7-17(21)23)18(24)19-14-5-2-12-3-6-16(22)20-15(12)10-14/h2,4-5,7,10-11H,3,6,8-9H2,1H3,(H,19,24)(H,20,22). The third-order valence-electron chi connectivity index (χ3n) is 4.05. The average molecular weight is 341 g/mol. The molecule has 0 saturated heterocycles. The van der Waals surface area contributed by atoms with Crippen molar-refractivity contribution in [2.45, 2.75) is 19.4 Å². The number of hydrogen-bond acceptors (Lipinski definition) is 4. The fourth-order valence-corrected chi connectivity index (χ4v) is 2.68. The van der Waals surface area contributed by atoms with Crippen molar-refractivity contribution in [1.29, 1.82) is 0 Å². The monoisotopic (exact) mass is 341 g/mol. The first-order chi connectivity index (χ1) is 12.1. The molecular weight excluding hydrogens is 322 g/mol. The Morgan fingerprint density at radius 1 is 1.24 bits per heavy atom. The summed E-state index contributed by atoms with van der Waals surface area (Å²) in [5.74, 6) is -0.352. The van der Waals surface area contributed by atoms with Crippen LogP contribution in [0, 0.1) is 0 Å². The van der Waals surface area contributed by atoms with Crippen molar-refractivity contribution in [3.63, 3.8) is 0 Å². The van der Waals surface area contributed by atoms with E-state index in [4.69, 9.17) is 4.74 Å². The van der Waals surface area contributed by atoms with E-state index in [2.05, 4.69) is 10.6 Å². The Morgan fingerprint density at radius 3 is 2.88 bits per heavy atom. The van der Waals surface area contributed by atoms with E-state index in [0.29, 0.717) is 37.2 Å². The second-order valence-electron chi connectivity index (χ2n) is 5.82. The number of hydrogen-bond donors (Lipinski definition) is 2. The number of methoxy groups -OCH3 is 1. The summed E-state index contributed by atoms with van der Waals surface area (Å²) in [7, 11) is 1.55. The van der Waals surface area contributed by atoms with Crippen LogP contribution in [0.25, 0.3) is 0 Å². The zero-order chi connectivity index (χ0) is 17.8. The number of amides is 2. The first-order valence-electron chi connectivity index (χ1n) is 8.00. The number of nitrogens with one attached hydrogen (secondary N) is 2. The van der Waals surface area contributed by atoms with Crippen molar-refractivity contribution in [2.75, 3.05) is 24.4 Å². The lowest BCUT2D eigenvalue weighted by Crippen LogP contribution is -2.24. The van der Waals surface area contributed by atoms with Gasteiger partial charge in [-0.05, 0) is 30.2 Å². The predicted molar refractivity (Wildman–Crippen MR) is 93.9 cm³/mol. The Morgan fingerprint density at radius 2 is 2.08 bits per heavy atom. The number of pyridine rings is 1. The van der Waals surface area contributed by atoms with Crippen molar-refractivity contribution < 1.29 is 14.3 Å². The molecule has 0 spiro atoms. The molecule has 0 atom stereocenters. The van der Waals surface area contributed by atoms with E-state index < -0.39 is 0 Å². The van der Waals surface area contributed by atoms with E-state index in [1.54, 1.807) is 19.2 Å². The number of ether oxygens (including phenoxy) is 1. The zero-order valence-corrected chi connectivity index (χ0v) is 13.9. The molecule has 1 aromatic carbocycles. The minimum Gasteiger partial charge on any atom is -0.383 e. The summed E-state index contributed by atoms with van der Waals surface area (Å²) in [5.41, 5.74) is 2.54. The number of aryl methyl sites for hydroxylation is 1. The van der Waals surface area contributed by atoms with E-state index in [1.165, 1.54) is 22.9 Å². The maximum atomic E-state index is 12.4. The van der Waals surface area contributed by atoms with Crippen LogP contribution in [0.15, 0.2) is 41.3 Å². The summed E-state index contributed by atoms with van der Waals surface area (Å²) in [6, 6.07) is 8.28. The Hall–Kier alpha value is -2.93. The largest absolute Gasteiger partial charge is 0.383 e. The van der Waals surface area contributed by atoms with E-state index in [9.17, 15) is 14.4 Å². The molecule has 0 bridgehead atoms. The molecule has 0 unspecified atom stereocenters. The highest BCUT2D eigenvalue weighted by molar-refractivity contribution is 6.04. The van der Waals surface area contributed by atoms with Crippen LogP contribution in [0.1, 0.15) is 22.3 Å². The Bertz CT molecular complexity index is 873. The number of anilines is 2. The van der Waals surface area contributed by atoms with E-state index in [1.807, 2.05) is 6.07 Å². The number of benzene rings is 1. The topological polar surface area (TPSA) is 89.4 Å². The Labute approximate surface area is 144 Å². The van der Waals surface area contributed by atoms with Gasteiger partial charge in [0.15, 0.2) is 0 Å². The van der Waals surface area contributed by atoms with Gasteiger partial charge in [0, 0.05) is 43.7 Å². The quantitative estimate of drug-likeness (QED) is 0.865. The highest BCUT2D eigenvalue weighted by atomic mass is 16.5. The number of rotatable bonds is 5. The molecule has 3 rings (SSSR count). The number of nitrogens with zero attached hydrogens (tertiary/aromatic N) is 1. The minimum atomic E-state index is -0.326. The number of fused-ring (bicyclic) bond motifs is 1. The molecule has 1 aromatic heterocycles. The van der Waals surface area contributed by atoms with Crippen molar-refractivity contribution in [3.8, 4) is 0 Å². The maximum absolute atomic E-state index is 12.4. The molecule has 1 aliphatic rings. The second-order valence-corrected chi connectivity index (χ2v) is 5.82. The lowest BCUT2D eigenvalue weighted by molar-refractivity contribution is -0.116. The van der Waals surface area contributed by atoms with E-state index in [-0.39, 0.29) is 17.4 Å². The van der Waals surface area contributed by atoms with Crippen LogP contribution in [0.5, 0.6) is 0 Å². The predicted octanol–water partition coefficient (Wildman–Crippen LogP) is 1.63. The van der Waals surface area contributed by atoms with Gasteiger partial charge in [-0.3, -0.25) is 14.4 Å². The molecule has 25 heavy (non-hydrogen) atoms. The van der Waals surface area contributed by atoms with Crippen LogP contribution in [0.4, 0.5) is 11.4 Å². The van der Waals surface area contributed by atoms with Gasteiger partial charge < -0.3 is 19.9 Å². The summed E-state index contributed by atoms with van der Waals surface area (Å²) >= 11 is 0. The van der Waals surface area contributed by atoms with Gasteiger partial charge in [0.25, 0.3) is 11.5 Å². The maximum Gasteiger partial charge on any atom is 0.257 e. The van der Waals surface area contributed by atoms with Gasteiger partial charge in [-0.1, -0.05) is 6.07 Å². The summed E-state index contributed by atoms with van der Waals surface area (Å²) in [6.45, 7) is 0.761. The van der Waals surface area contributed by atoms with Crippen molar-refractivity contribution in [1.82, 2.24) is 4.57 Å². The van der Waals surface area contributed by atoms with Gasteiger partial charge in [0.1, 0.15) is 0 Å². The normalized spacial score (nSPS) is 13.1. The summed E-state index contributed by atoms with van der Waals surface area (Å²) in [5, 5.41) is 5.59. The summed E-state index contributed by atoms with van der Waals surface area (Å²) in [4.78, 5) is 35.7. The highest BCUT2D eigenvalue weighted by Crippen LogP contribution is 2.26. The van der Waals surface area contributed by atoms with Gasteiger partial charge in [-0.2, -0.15) is 0 Å². The number of carbonyl (C=O) groups excluding carboxylic acids is 2. The fourth-order valence-electron chi connectivity index (χ4n) is 2.68. The molecule has 0 fully saturated rings. The molecule has 7 nitrogen and oxygen atoms in total. The minimum absolute atomic E-state index is 0.0267. The summed E-state index contributed by atoms with van der Waals surface area (Å²) < 4.78 is 6.40. The molecule has 2 N–H and O–H groups in total.